The Hall–Kier alpha value is -3.72. The minimum Gasteiger partial charge on any atom is -0.489 e. The van der Waals surface area contributed by atoms with Gasteiger partial charge in [0, 0.05) is 76.7 Å². The summed E-state index contributed by atoms with van der Waals surface area (Å²) in [5.41, 5.74) is 2.09. The molecule has 1 aromatic heterocycles. The number of ether oxygens (including phenoxy) is 1. The summed E-state index contributed by atoms with van der Waals surface area (Å²) >= 11 is 0. The summed E-state index contributed by atoms with van der Waals surface area (Å²) in [7, 11) is 0. The lowest BCUT2D eigenvalue weighted by atomic mass is 9.82. The van der Waals surface area contributed by atoms with E-state index in [9.17, 15) is 14.4 Å². The summed E-state index contributed by atoms with van der Waals surface area (Å²) in [6.07, 6.45) is 9.85. The Bertz CT molecular complexity index is 1160. The Kier molecular flexibility index (Phi) is 8.88. The van der Waals surface area contributed by atoms with Gasteiger partial charge in [-0.25, -0.2) is 0 Å². The highest BCUT2D eigenvalue weighted by molar-refractivity contribution is 5.79. The summed E-state index contributed by atoms with van der Waals surface area (Å²) in [5.74, 6) is 1.29. The van der Waals surface area contributed by atoms with Gasteiger partial charge in [-0.05, 0) is 36.0 Å². The summed E-state index contributed by atoms with van der Waals surface area (Å²) < 4.78 is 6.16. The highest BCUT2D eigenvalue weighted by Crippen LogP contribution is 2.30. The van der Waals surface area contributed by atoms with Crippen molar-refractivity contribution in [2.75, 3.05) is 52.4 Å². The van der Waals surface area contributed by atoms with Gasteiger partial charge in [-0.3, -0.25) is 24.3 Å². The van der Waals surface area contributed by atoms with E-state index in [4.69, 9.17) is 4.74 Å². The first kappa shape index (κ1) is 26.9. The first-order chi connectivity index (χ1) is 19.1. The second-order valence-electron chi connectivity index (χ2n) is 10.6. The van der Waals surface area contributed by atoms with Gasteiger partial charge >= 0.3 is 0 Å². The van der Waals surface area contributed by atoms with Crippen molar-refractivity contribution in [2.24, 2.45) is 11.8 Å². The molecule has 0 saturated carbocycles. The Balaban J connectivity index is 1.31. The van der Waals surface area contributed by atoms with Crippen LogP contribution in [0, 0.1) is 11.8 Å². The standard InChI is InChI=1S/C30H37N5O4/c36-23-32-12-14-34(15-13-32)29(37)17-25-9-11-35-21-26(25)7-4-16-39-28-8-2-1-6-27(28)20-33(22-30(35)38)19-24-5-3-10-31-18-24/h1-8,10,18,23,25-26H,9,11-17,19-22H2/b7-4-/t25-,26-/m0/s1. The lowest BCUT2D eigenvalue weighted by Crippen LogP contribution is -2.50. The summed E-state index contributed by atoms with van der Waals surface area (Å²) in [6.45, 7) is 5.49. The molecule has 2 aromatic rings. The van der Waals surface area contributed by atoms with Gasteiger partial charge in [0.1, 0.15) is 12.4 Å². The maximum atomic E-state index is 13.6. The molecule has 2 saturated heterocycles. The summed E-state index contributed by atoms with van der Waals surface area (Å²) in [5, 5.41) is 0. The maximum absolute atomic E-state index is 13.6. The van der Waals surface area contributed by atoms with E-state index in [2.05, 4.69) is 22.0 Å². The number of carbonyl (C=O) groups is 3. The van der Waals surface area contributed by atoms with Crippen LogP contribution in [0.1, 0.15) is 24.0 Å². The van der Waals surface area contributed by atoms with Crippen molar-refractivity contribution in [3.8, 4) is 5.75 Å². The van der Waals surface area contributed by atoms with Crippen molar-refractivity contribution < 1.29 is 19.1 Å². The monoisotopic (exact) mass is 531 g/mol. The number of fused-ring (bicyclic) bond motifs is 3. The molecule has 4 heterocycles. The number of para-hydroxylation sites is 1. The van der Waals surface area contributed by atoms with E-state index in [1.165, 1.54) is 0 Å². The normalized spacial score (nSPS) is 23.5. The van der Waals surface area contributed by atoms with Crippen molar-refractivity contribution in [3.05, 3.63) is 72.1 Å². The van der Waals surface area contributed by atoms with Crippen LogP contribution >= 0.6 is 0 Å². The summed E-state index contributed by atoms with van der Waals surface area (Å²) in [6, 6.07) is 11.9. The number of rotatable bonds is 5. The number of piperidine rings is 1. The van der Waals surface area contributed by atoms with Crippen molar-refractivity contribution >= 4 is 18.2 Å². The highest BCUT2D eigenvalue weighted by atomic mass is 16.5. The fourth-order valence-corrected chi connectivity index (χ4v) is 5.75. The molecule has 206 valence electrons. The number of benzene rings is 1. The Morgan fingerprint density at radius 2 is 1.90 bits per heavy atom. The molecule has 2 fully saturated rings. The molecule has 0 aliphatic carbocycles. The van der Waals surface area contributed by atoms with Gasteiger partial charge in [-0.2, -0.15) is 0 Å². The predicted molar refractivity (Wildman–Crippen MR) is 146 cm³/mol. The van der Waals surface area contributed by atoms with Crippen molar-refractivity contribution in [3.63, 3.8) is 0 Å². The molecule has 0 unspecified atom stereocenters. The van der Waals surface area contributed by atoms with Gasteiger partial charge in [-0.1, -0.05) is 36.4 Å². The molecule has 2 bridgehead atoms. The minimum absolute atomic E-state index is 0.0780. The number of carbonyl (C=O) groups excluding carboxylic acids is 3. The molecule has 3 aliphatic rings. The van der Waals surface area contributed by atoms with Crippen LogP contribution in [0.3, 0.4) is 0 Å². The zero-order valence-electron chi connectivity index (χ0n) is 22.4. The third kappa shape index (κ3) is 7.03. The largest absolute Gasteiger partial charge is 0.489 e. The molecule has 5 rings (SSSR count). The first-order valence-corrected chi connectivity index (χ1v) is 13.8. The third-order valence-electron chi connectivity index (χ3n) is 7.98. The molecule has 9 nitrogen and oxygen atoms in total. The highest BCUT2D eigenvalue weighted by Gasteiger charge is 2.33. The Morgan fingerprint density at radius 3 is 2.69 bits per heavy atom. The van der Waals surface area contributed by atoms with Gasteiger partial charge in [0.25, 0.3) is 0 Å². The molecular weight excluding hydrogens is 494 g/mol. The van der Waals surface area contributed by atoms with Gasteiger partial charge in [0.2, 0.25) is 18.2 Å². The van der Waals surface area contributed by atoms with Crippen LogP contribution in [0.4, 0.5) is 0 Å². The average Bonchev–Trinajstić information content (AvgIpc) is 2.97. The molecule has 3 amide bonds. The van der Waals surface area contributed by atoms with Crippen LogP contribution in [0.25, 0.3) is 0 Å². The first-order valence-electron chi connectivity index (χ1n) is 13.8. The van der Waals surface area contributed by atoms with E-state index in [-0.39, 0.29) is 23.7 Å². The average molecular weight is 532 g/mol. The van der Waals surface area contributed by atoms with Crippen molar-refractivity contribution in [2.45, 2.75) is 25.9 Å². The molecule has 0 spiro atoms. The van der Waals surface area contributed by atoms with E-state index in [1.807, 2.05) is 52.4 Å². The van der Waals surface area contributed by atoms with Crippen molar-refractivity contribution in [1.29, 1.82) is 0 Å². The Morgan fingerprint density at radius 1 is 1.05 bits per heavy atom. The second kappa shape index (κ2) is 12.9. The predicted octanol–water partition coefficient (Wildman–Crippen LogP) is 2.19. The molecule has 0 N–H and O–H groups in total. The van der Waals surface area contributed by atoms with E-state index in [1.54, 1.807) is 11.1 Å². The van der Waals surface area contributed by atoms with Crippen molar-refractivity contribution in [1.82, 2.24) is 24.6 Å². The van der Waals surface area contributed by atoms with E-state index < -0.39 is 0 Å². The molecule has 1 aromatic carbocycles. The SMILES string of the molecule is O=CN1CCN(C(=O)C[C@@H]2CCN3C[C@@H]2/C=C\COc2ccccc2CN(Cc2cccnc2)CC3=O)CC1. The fraction of sp³-hybridized carbons (Fsp3) is 0.467. The van der Waals surface area contributed by atoms with Crippen LogP contribution in [-0.2, 0) is 27.5 Å². The number of piperazine rings is 1. The quantitative estimate of drug-likeness (QED) is 0.434. The topological polar surface area (TPSA) is 86.3 Å². The maximum Gasteiger partial charge on any atom is 0.236 e. The van der Waals surface area contributed by atoms with Gasteiger partial charge in [0.05, 0.1) is 6.54 Å². The smallest absolute Gasteiger partial charge is 0.236 e. The number of nitrogens with zero attached hydrogens (tertiary/aromatic N) is 5. The number of hydrogen-bond donors (Lipinski definition) is 0. The molecule has 2 atom stereocenters. The molecule has 0 radical (unpaired) electrons. The van der Waals surface area contributed by atoms with Crippen LogP contribution in [-0.4, -0.2) is 95.2 Å². The van der Waals surface area contributed by atoms with Gasteiger partial charge < -0.3 is 19.4 Å². The molecule has 39 heavy (non-hydrogen) atoms. The van der Waals surface area contributed by atoms with E-state index in [0.29, 0.717) is 71.9 Å². The van der Waals surface area contributed by atoms with Gasteiger partial charge in [-0.15, -0.1) is 0 Å². The lowest BCUT2D eigenvalue weighted by molar-refractivity contribution is -0.138. The van der Waals surface area contributed by atoms with Crippen LogP contribution < -0.4 is 4.74 Å². The van der Waals surface area contributed by atoms with E-state index in [0.717, 1.165) is 29.7 Å². The molecule has 3 aliphatic heterocycles. The zero-order valence-corrected chi connectivity index (χ0v) is 22.4. The number of aromatic nitrogens is 1. The van der Waals surface area contributed by atoms with Crippen LogP contribution in [0.2, 0.25) is 0 Å². The minimum atomic E-state index is 0.0780. The number of amides is 3. The zero-order chi connectivity index (χ0) is 27.0. The van der Waals surface area contributed by atoms with Gasteiger partial charge in [0.15, 0.2) is 0 Å². The Labute approximate surface area is 230 Å². The number of hydrogen-bond acceptors (Lipinski definition) is 6. The number of pyridine rings is 1. The molecule has 9 heteroatoms. The van der Waals surface area contributed by atoms with Crippen LogP contribution in [0.5, 0.6) is 5.75 Å². The fourth-order valence-electron chi connectivity index (χ4n) is 5.75. The van der Waals surface area contributed by atoms with Crippen LogP contribution in [0.15, 0.2) is 60.9 Å². The third-order valence-corrected chi connectivity index (χ3v) is 7.98. The summed E-state index contributed by atoms with van der Waals surface area (Å²) in [4.78, 5) is 49.7. The lowest BCUT2D eigenvalue weighted by Gasteiger charge is -2.39. The molecular formula is C30H37N5O4. The second-order valence-corrected chi connectivity index (χ2v) is 10.6. The van der Waals surface area contributed by atoms with E-state index >= 15 is 0 Å².